The Bertz CT molecular complexity index is 3020. The van der Waals surface area contributed by atoms with E-state index in [1.54, 1.807) is 0 Å². The van der Waals surface area contributed by atoms with Gasteiger partial charge in [-0.1, -0.05) is 157 Å². The lowest BCUT2D eigenvalue weighted by molar-refractivity contribution is 0.723. The topological polar surface area (TPSA) is 49.6 Å². The summed E-state index contributed by atoms with van der Waals surface area (Å²) >= 11 is 1.83. The van der Waals surface area contributed by atoms with E-state index in [0.717, 1.165) is 44.6 Å². The van der Waals surface area contributed by atoms with E-state index in [2.05, 4.69) is 164 Å². The van der Waals surface area contributed by atoms with E-state index >= 15 is 0 Å². The molecule has 0 fully saturated rings. The molecule has 2 aliphatic rings. The molecule has 0 amide bonds. The first-order valence-electron chi connectivity index (χ1n) is 18.8. The Morgan fingerprint density at radius 3 is 1.73 bits per heavy atom. The fourth-order valence-electron chi connectivity index (χ4n) is 8.88. The molecule has 9 aromatic rings. The number of nitrogens with zero attached hydrogens (tertiary/aromatic N) is 3. The van der Waals surface area contributed by atoms with Gasteiger partial charge in [-0.05, 0) is 97.7 Å². The van der Waals surface area contributed by atoms with Gasteiger partial charge in [0.25, 0.3) is 0 Å². The summed E-state index contributed by atoms with van der Waals surface area (Å²) < 4.78 is 0. The smallest absolute Gasteiger partial charge is 0.160 e. The highest BCUT2D eigenvalue weighted by Crippen LogP contribution is 2.62. The average molecular weight is 730 g/mol. The van der Waals surface area contributed by atoms with Crippen molar-refractivity contribution in [3.05, 3.63) is 216 Å². The van der Waals surface area contributed by atoms with Crippen molar-refractivity contribution in [2.45, 2.75) is 15.2 Å². The van der Waals surface area contributed by atoms with Gasteiger partial charge in [0.05, 0.1) is 28.4 Å². The van der Waals surface area contributed by atoms with Crippen LogP contribution in [0.4, 0.5) is 0 Å². The van der Waals surface area contributed by atoms with E-state index in [0.29, 0.717) is 11.4 Å². The van der Waals surface area contributed by atoms with Gasteiger partial charge in [-0.3, -0.25) is 0 Å². The minimum absolute atomic E-state index is 0.574. The van der Waals surface area contributed by atoms with Crippen LogP contribution < -0.4 is 0 Å². The van der Waals surface area contributed by atoms with Crippen molar-refractivity contribution in [2.75, 3.05) is 0 Å². The average Bonchev–Trinajstić information content (AvgIpc) is 3.57. The predicted molar refractivity (Wildman–Crippen MR) is 227 cm³/mol. The van der Waals surface area contributed by atoms with E-state index in [1.807, 2.05) is 42.1 Å². The Morgan fingerprint density at radius 1 is 0.429 bits per heavy atom. The molecule has 11 rings (SSSR count). The van der Waals surface area contributed by atoms with Crippen LogP contribution in [0.3, 0.4) is 0 Å². The van der Waals surface area contributed by atoms with E-state index in [1.165, 1.54) is 48.6 Å². The minimum atomic E-state index is -0.574. The summed E-state index contributed by atoms with van der Waals surface area (Å²) in [5, 5.41) is 11.8. The molecule has 0 atom stereocenters. The highest BCUT2D eigenvalue weighted by atomic mass is 32.2. The third-order valence-electron chi connectivity index (χ3n) is 11.4. The normalized spacial score (nSPS) is 13.1. The summed E-state index contributed by atoms with van der Waals surface area (Å²) in [5.41, 5.74) is 14.7. The second kappa shape index (κ2) is 12.8. The molecule has 0 saturated heterocycles. The van der Waals surface area contributed by atoms with Gasteiger partial charge >= 0.3 is 0 Å². The Balaban J connectivity index is 1.17. The lowest BCUT2D eigenvalue weighted by Gasteiger charge is -2.40. The largest absolute Gasteiger partial charge is 0.228 e. The summed E-state index contributed by atoms with van der Waals surface area (Å²) in [5.74, 6) is 0.696. The monoisotopic (exact) mass is 729 g/mol. The molecule has 0 unspecified atom stereocenters. The summed E-state index contributed by atoms with van der Waals surface area (Å²) in [6.45, 7) is 0. The Labute approximate surface area is 329 Å². The second-order valence-electron chi connectivity index (χ2n) is 14.4. The number of rotatable bonds is 4. The highest BCUT2D eigenvalue weighted by Gasteiger charge is 2.50. The van der Waals surface area contributed by atoms with Crippen LogP contribution in [0, 0.1) is 11.3 Å². The van der Waals surface area contributed by atoms with Crippen molar-refractivity contribution in [1.29, 1.82) is 5.26 Å². The van der Waals surface area contributed by atoms with Gasteiger partial charge in [0.1, 0.15) is 0 Å². The zero-order valence-electron chi connectivity index (χ0n) is 30.1. The molecule has 0 saturated carbocycles. The summed E-state index contributed by atoms with van der Waals surface area (Å²) in [6.07, 6.45) is 0. The zero-order valence-corrected chi connectivity index (χ0v) is 31.0. The van der Waals surface area contributed by atoms with E-state index in [4.69, 9.17) is 9.97 Å². The Kier molecular flexibility index (Phi) is 7.38. The van der Waals surface area contributed by atoms with Crippen LogP contribution in [0.5, 0.6) is 0 Å². The number of nitriles is 1. The van der Waals surface area contributed by atoms with Crippen molar-refractivity contribution in [2.24, 2.45) is 0 Å². The van der Waals surface area contributed by atoms with Crippen molar-refractivity contribution in [1.82, 2.24) is 9.97 Å². The van der Waals surface area contributed by atoms with Gasteiger partial charge in [-0.2, -0.15) is 5.26 Å². The van der Waals surface area contributed by atoms with Crippen molar-refractivity contribution in [3.63, 3.8) is 0 Å². The molecule has 260 valence electrons. The standard InChI is InChI=1S/C52H31N3S/c53-32-33-21-23-34(24-22-33)37-25-27-49-45(29-37)52(43-19-8-6-16-40(43)41-17-7-9-20-44(41)52)46-30-38(26-28-50(46)56-49)47-31-48(55-51(54-47)36-12-2-1-3-13-36)42-18-10-14-35-11-4-5-15-39(35)42/h1-31H. The molecule has 0 N–H and O–H groups in total. The number of hydrogen-bond donors (Lipinski definition) is 0. The molecule has 1 aliphatic heterocycles. The first kappa shape index (κ1) is 32.4. The maximum absolute atomic E-state index is 9.51. The molecule has 8 aromatic carbocycles. The van der Waals surface area contributed by atoms with Crippen LogP contribution in [0.25, 0.3) is 66.9 Å². The van der Waals surface area contributed by atoms with E-state index in [9.17, 15) is 5.26 Å². The van der Waals surface area contributed by atoms with Crippen LogP contribution in [-0.2, 0) is 5.41 Å². The van der Waals surface area contributed by atoms with Crippen molar-refractivity contribution >= 4 is 22.5 Å². The molecule has 56 heavy (non-hydrogen) atoms. The molecule has 4 heteroatoms. The molecule has 1 spiro atoms. The van der Waals surface area contributed by atoms with Gasteiger partial charge in [0, 0.05) is 26.5 Å². The third kappa shape index (κ3) is 4.92. The third-order valence-corrected chi connectivity index (χ3v) is 12.6. The Hall–Kier alpha value is -7.06. The molecule has 0 bridgehead atoms. The molecular formula is C52H31N3S. The predicted octanol–water partition coefficient (Wildman–Crippen LogP) is 13.0. The summed E-state index contributed by atoms with van der Waals surface area (Å²) in [6, 6.07) is 69.2. The first-order valence-corrected chi connectivity index (χ1v) is 19.6. The number of fused-ring (bicyclic) bond motifs is 10. The number of hydrogen-bond acceptors (Lipinski definition) is 4. The minimum Gasteiger partial charge on any atom is -0.228 e. The second-order valence-corrected chi connectivity index (χ2v) is 15.5. The maximum Gasteiger partial charge on any atom is 0.160 e. The molecular weight excluding hydrogens is 699 g/mol. The van der Waals surface area contributed by atoms with Crippen LogP contribution >= 0.6 is 11.8 Å². The van der Waals surface area contributed by atoms with Gasteiger partial charge in [0.2, 0.25) is 0 Å². The van der Waals surface area contributed by atoms with Gasteiger partial charge < -0.3 is 0 Å². The highest BCUT2D eigenvalue weighted by molar-refractivity contribution is 7.99. The summed E-state index contributed by atoms with van der Waals surface area (Å²) in [7, 11) is 0. The van der Waals surface area contributed by atoms with E-state index < -0.39 is 5.41 Å². The molecule has 3 nitrogen and oxygen atoms in total. The molecule has 1 aliphatic carbocycles. The first-order chi connectivity index (χ1) is 27.7. The van der Waals surface area contributed by atoms with Crippen LogP contribution in [-0.4, -0.2) is 9.97 Å². The van der Waals surface area contributed by atoms with Gasteiger partial charge in [0.15, 0.2) is 5.82 Å². The van der Waals surface area contributed by atoms with Crippen LogP contribution in [0.2, 0.25) is 0 Å². The molecule has 1 aromatic heterocycles. The SMILES string of the molecule is N#Cc1ccc(-c2ccc3c(c2)C2(c4cc(-c5cc(-c6cccc7ccccc67)nc(-c6ccccc6)n5)ccc4S3)c3ccccc3-c3ccccc32)cc1. The fourth-order valence-corrected chi connectivity index (χ4v) is 10.0. The lowest BCUT2D eigenvalue weighted by atomic mass is 9.66. The van der Waals surface area contributed by atoms with Crippen molar-refractivity contribution < 1.29 is 0 Å². The van der Waals surface area contributed by atoms with Gasteiger partial charge in [-0.15, -0.1) is 0 Å². The summed E-state index contributed by atoms with van der Waals surface area (Å²) in [4.78, 5) is 13.0. The van der Waals surface area contributed by atoms with Crippen molar-refractivity contribution in [3.8, 4) is 62.2 Å². The van der Waals surface area contributed by atoms with E-state index in [-0.39, 0.29) is 0 Å². The maximum atomic E-state index is 9.51. The van der Waals surface area contributed by atoms with Crippen LogP contribution in [0.1, 0.15) is 27.8 Å². The van der Waals surface area contributed by atoms with Gasteiger partial charge in [-0.25, -0.2) is 9.97 Å². The quantitative estimate of drug-likeness (QED) is 0.181. The Morgan fingerprint density at radius 2 is 1.00 bits per heavy atom. The number of aromatic nitrogens is 2. The fraction of sp³-hybridized carbons (Fsp3) is 0.0192. The lowest BCUT2D eigenvalue weighted by Crippen LogP contribution is -2.32. The van der Waals surface area contributed by atoms with Crippen LogP contribution in [0.15, 0.2) is 198 Å². The number of benzene rings is 8. The molecule has 0 radical (unpaired) electrons. The molecule has 2 heterocycles. The zero-order chi connectivity index (χ0) is 37.2.